The Kier molecular flexibility index (Phi) is 4.66. The lowest BCUT2D eigenvalue weighted by atomic mass is 10.0. The summed E-state index contributed by atoms with van der Waals surface area (Å²) >= 11 is 0. The number of rotatable bonds is 4. The van der Waals surface area contributed by atoms with Gasteiger partial charge in [-0.15, -0.1) is 10.2 Å². The van der Waals surface area contributed by atoms with E-state index in [0.717, 1.165) is 11.3 Å². The molecular weight excluding hydrogens is 214 g/mol. The molecule has 5 nitrogen and oxygen atoms in total. The third kappa shape index (κ3) is 3.88. The molecule has 0 bridgehead atoms. The van der Waals surface area contributed by atoms with Gasteiger partial charge in [0, 0.05) is 0 Å². The highest BCUT2D eigenvalue weighted by atomic mass is 15.3. The second kappa shape index (κ2) is 6.00. The second-order valence-electron chi connectivity index (χ2n) is 4.02. The van der Waals surface area contributed by atoms with Crippen LogP contribution in [0.5, 0.6) is 0 Å². The number of guanidine groups is 1. The predicted octanol–water partition coefficient (Wildman–Crippen LogP) is 0.614. The zero-order chi connectivity index (χ0) is 12.8. The van der Waals surface area contributed by atoms with Crippen molar-refractivity contribution in [1.82, 2.24) is 4.90 Å². The van der Waals surface area contributed by atoms with E-state index in [1.807, 2.05) is 56.3 Å². The molecule has 1 rings (SSSR count). The largest absolute Gasteiger partial charge is 0.369 e. The van der Waals surface area contributed by atoms with Crippen molar-refractivity contribution in [3.8, 4) is 0 Å². The first-order valence-electron chi connectivity index (χ1n) is 5.40. The molecule has 1 aromatic carbocycles. The third-order valence-electron chi connectivity index (χ3n) is 2.51. The molecule has 4 N–H and O–H groups in total. The van der Waals surface area contributed by atoms with Crippen LogP contribution in [0.1, 0.15) is 12.5 Å². The molecule has 0 aliphatic carbocycles. The molecule has 1 aromatic rings. The minimum atomic E-state index is -0.0376. The van der Waals surface area contributed by atoms with Gasteiger partial charge in [0.1, 0.15) is 0 Å². The van der Waals surface area contributed by atoms with Crippen LogP contribution in [0, 0.1) is 0 Å². The van der Waals surface area contributed by atoms with Crippen LogP contribution < -0.4 is 11.5 Å². The highest BCUT2D eigenvalue weighted by molar-refractivity contribution is 6.04. The van der Waals surface area contributed by atoms with E-state index in [2.05, 4.69) is 10.2 Å². The third-order valence-corrected chi connectivity index (χ3v) is 2.51. The Morgan fingerprint density at radius 2 is 1.71 bits per heavy atom. The Morgan fingerprint density at radius 3 is 2.18 bits per heavy atom. The van der Waals surface area contributed by atoms with Gasteiger partial charge in [-0.05, 0) is 26.6 Å². The SMILES string of the molecule is C[C@@H](/C(=N\N=C(N)N)c1ccccc1)N(C)C. The summed E-state index contributed by atoms with van der Waals surface area (Å²) in [5, 5.41) is 7.87. The first kappa shape index (κ1) is 13.2. The minimum absolute atomic E-state index is 0.0376. The van der Waals surface area contributed by atoms with Crippen LogP contribution in [-0.2, 0) is 0 Å². The van der Waals surface area contributed by atoms with Gasteiger partial charge in [0.15, 0.2) is 0 Å². The van der Waals surface area contributed by atoms with Crippen LogP contribution in [0.4, 0.5) is 0 Å². The van der Waals surface area contributed by atoms with E-state index >= 15 is 0 Å². The minimum Gasteiger partial charge on any atom is -0.369 e. The van der Waals surface area contributed by atoms with Crippen molar-refractivity contribution in [1.29, 1.82) is 0 Å². The quantitative estimate of drug-likeness (QED) is 0.454. The summed E-state index contributed by atoms with van der Waals surface area (Å²) in [5.41, 5.74) is 12.5. The van der Waals surface area contributed by atoms with Gasteiger partial charge in [-0.3, -0.25) is 0 Å². The first-order chi connectivity index (χ1) is 8.02. The van der Waals surface area contributed by atoms with Gasteiger partial charge in [-0.25, -0.2) is 0 Å². The zero-order valence-electron chi connectivity index (χ0n) is 10.5. The van der Waals surface area contributed by atoms with Crippen molar-refractivity contribution in [2.75, 3.05) is 14.1 Å². The summed E-state index contributed by atoms with van der Waals surface area (Å²) < 4.78 is 0. The van der Waals surface area contributed by atoms with E-state index in [-0.39, 0.29) is 12.0 Å². The fraction of sp³-hybridized carbons (Fsp3) is 0.333. The summed E-state index contributed by atoms with van der Waals surface area (Å²) in [6.45, 7) is 2.05. The van der Waals surface area contributed by atoms with E-state index in [1.165, 1.54) is 0 Å². The van der Waals surface area contributed by atoms with Crippen molar-refractivity contribution in [3.63, 3.8) is 0 Å². The number of likely N-dealkylation sites (N-methyl/N-ethyl adjacent to an activating group) is 1. The van der Waals surface area contributed by atoms with Gasteiger partial charge >= 0.3 is 0 Å². The molecule has 5 heteroatoms. The van der Waals surface area contributed by atoms with E-state index in [0.29, 0.717) is 0 Å². The molecule has 0 aromatic heterocycles. The number of hydrogen-bond acceptors (Lipinski definition) is 3. The van der Waals surface area contributed by atoms with Gasteiger partial charge in [0.25, 0.3) is 0 Å². The van der Waals surface area contributed by atoms with Crippen molar-refractivity contribution in [2.45, 2.75) is 13.0 Å². The van der Waals surface area contributed by atoms with Crippen LogP contribution in [0.3, 0.4) is 0 Å². The molecule has 0 radical (unpaired) electrons. The second-order valence-corrected chi connectivity index (χ2v) is 4.02. The van der Waals surface area contributed by atoms with Crippen LogP contribution in [0.25, 0.3) is 0 Å². The molecule has 0 aliphatic heterocycles. The standard InChI is InChI=1S/C12H19N5/c1-9(17(2)3)11(15-16-12(13)14)10-7-5-4-6-8-10/h4-9H,1-3H3,(H4,13,14,16)/b15-11+/t9-/m0/s1. The molecule has 0 saturated carbocycles. The van der Waals surface area contributed by atoms with Gasteiger partial charge < -0.3 is 16.4 Å². The van der Waals surface area contributed by atoms with E-state index in [9.17, 15) is 0 Å². The fourth-order valence-corrected chi connectivity index (χ4v) is 1.35. The first-order valence-corrected chi connectivity index (χ1v) is 5.40. The van der Waals surface area contributed by atoms with Gasteiger partial charge in [0.2, 0.25) is 5.96 Å². The summed E-state index contributed by atoms with van der Waals surface area (Å²) in [4.78, 5) is 2.05. The summed E-state index contributed by atoms with van der Waals surface area (Å²) in [6.07, 6.45) is 0. The Morgan fingerprint density at radius 1 is 1.12 bits per heavy atom. The Hall–Kier alpha value is -1.88. The summed E-state index contributed by atoms with van der Waals surface area (Å²) in [5.74, 6) is -0.0376. The number of hydrogen-bond donors (Lipinski definition) is 2. The average molecular weight is 233 g/mol. The molecule has 0 spiro atoms. The predicted molar refractivity (Wildman–Crippen MR) is 71.9 cm³/mol. The topological polar surface area (TPSA) is 80.0 Å². The molecule has 0 fully saturated rings. The van der Waals surface area contributed by atoms with E-state index in [4.69, 9.17) is 11.5 Å². The maximum Gasteiger partial charge on any atom is 0.211 e. The summed E-state index contributed by atoms with van der Waals surface area (Å²) in [7, 11) is 3.97. The average Bonchev–Trinajstić information content (AvgIpc) is 2.30. The van der Waals surface area contributed by atoms with Crippen LogP contribution in [0.15, 0.2) is 40.5 Å². The monoisotopic (exact) mass is 233 g/mol. The molecule has 1 atom stereocenters. The lowest BCUT2D eigenvalue weighted by Gasteiger charge is -2.21. The van der Waals surface area contributed by atoms with Gasteiger partial charge in [0.05, 0.1) is 11.8 Å². The van der Waals surface area contributed by atoms with E-state index < -0.39 is 0 Å². The lowest BCUT2D eigenvalue weighted by molar-refractivity contribution is 0.381. The number of benzene rings is 1. The fourth-order valence-electron chi connectivity index (χ4n) is 1.35. The molecule has 0 heterocycles. The van der Waals surface area contributed by atoms with Crippen molar-refractivity contribution in [2.24, 2.45) is 21.7 Å². The molecule has 0 amide bonds. The Labute approximate surface area is 102 Å². The Balaban J connectivity index is 3.12. The molecule has 17 heavy (non-hydrogen) atoms. The molecule has 0 unspecified atom stereocenters. The maximum absolute atomic E-state index is 5.30. The van der Waals surface area contributed by atoms with Crippen LogP contribution >= 0.6 is 0 Å². The Bertz CT molecular complexity index is 404. The molecule has 0 aliphatic rings. The zero-order valence-corrected chi connectivity index (χ0v) is 10.5. The van der Waals surface area contributed by atoms with E-state index in [1.54, 1.807) is 0 Å². The van der Waals surface area contributed by atoms with Gasteiger partial charge in [-0.2, -0.15) is 0 Å². The number of nitrogens with zero attached hydrogens (tertiary/aromatic N) is 3. The number of nitrogens with two attached hydrogens (primary N) is 2. The van der Waals surface area contributed by atoms with Crippen LogP contribution in [0.2, 0.25) is 0 Å². The molecule has 92 valence electrons. The summed E-state index contributed by atoms with van der Waals surface area (Å²) in [6, 6.07) is 9.98. The highest BCUT2D eigenvalue weighted by Crippen LogP contribution is 2.08. The van der Waals surface area contributed by atoms with Crippen molar-refractivity contribution >= 4 is 11.7 Å². The van der Waals surface area contributed by atoms with Crippen molar-refractivity contribution < 1.29 is 0 Å². The smallest absolute Gasteiger partial charge is 0.211 e. The van der Waals surface area contributed by atoms with Gasteiger partial charge in [-0.1, -0.05) is 30.3 Å². The van der Waals surface area contributed by atoms with Crippen LogP contribution in [-0.4, -0.2) is 36.7 Å². The normalized spacial score (nSPS) is 13.5. The lowest BCUT2D eigenvalue weighted by Crippen LogP contribution is -2.33. The maximum atomic E-state index is 5.30. The molecular formula is C12H19N5. The molecule has 0 saturated heterocycles. The highest BCUT2D eigenvalue weighted by Gasteiger charge is 2.14. The van der Waals surface area contributed by atoms with Crippen molar-refractivity contribution in [3.05, 3.63) is 35.9 Å².